The second-order valence-electron chi connectivity index (χ2n) is 8.18. The first-order valence-corrected chi connectivity index (χ1v) is 15.1. The molecule has 31 heavy (non-hydrogen) atoms. The second-order valence-corrected chi connectivity index (χ2v) is 11.2. The Morgan fingerprint density at radius 2 is 0.613 bits per heavy atom. The van der Waals surface area contributed by atoms with E-state index in [2.05, 4.69) is 13.8 Å². The van der Waals surface area contributed by atoms with Gasteiger partial charge in [0.25, 0.3) is 0 Å². The summed E-state index contributed by atoms with van der Waals surface area (Å²) in [6.45, 7) is 4.40. The van der Waals surface area contributed by atoms with Gasteiger partial charge in [0.2, 0.25) is 0 Å². The van der Waals surface area contributed by atoms with Crippen LogP contribution in [-0.2, 0) is 20.2 Å². The van der Waals surface area contributed by atoms with Crippen LogP contribution in [0.2, 0.25) is 0 Å². The Bertz CT molecular complexity index is 500. The summed E-state index contributed by atoms with van der Waals surface area (Å²) >= 11 is 0. The largest absolute Gasteiger partial charge is 2.00 e. The minimum absolute atomic E-state index is 0. The molecular formula is C22H46CaO6S2. The first kappa shape index (κ1) is 36.6. The van der Waals surface area contributed by atoms with Crippen molar-refractivity contribution in [3.05, 3.63) is 0 Å². The van der Waals surface area contributed by atoms with Gasteiger partial charge in [-0.1, -0.05) is 117 Å². The molecule has 0 heterocycles. The van der Waals surface area contributed by atoms with Crippen molar-refractivity contribution in [1.82, 2.24) is 0 Å². The molecule has 0 aliphatic carbocycles. The third-order valence-corrected chi connectivity index (χ3v) is 6.57. The van der Waals surface area contributed by atoms with Crippen molar-refractivity contribution in [2.24, 2.45) is 0 Å². The Morgan fingerprint density at radius 3 is 0.806 bits per heavy atom. The summed E-state index contributed by atoms with van der Waals surface area (Å²) in [6.07, 6.45) is 20.1. The summed E-state index contributed by atoms with van der Waals surface area (Å²) in [5, 5.41) is 0. The van der Waals surface area contributed by atoms with E-state index >= 15 is 0 Å². The summed E-state index contributed by atoms with van der Waals surface area (Å²) in [4.78, 5) is 0. The summed E-state index contributed by atoms with van der Waals surface area (Å²) in [7, 11) is -7.96. The van der Waals surface area contributed by atoms with Crippen LogP contribution in [0.25, 0.3) is 0 Å². The molecule has 0 fully saturated rings. The molecule has 0 rings (SSSR count). The van der Waals surface area contributed by atoms with Crippen LogP contribution in [0.1, 0.15) is 129 Å². The molecule has 0 unspecified atom stereocenters. The molecule has 0 N–H and O–H groups in total. The average molecular weight is 511 g/mol. The van der Waals surface area contributed by atoms with Gasteiger partial charge in [-0.25, -0.2) is 16.8 Å². The minimum Gasteiger partial charge on any atom is -0.748 e. The molecule has 0 saturated carbocycles. The Balaban J connectivity index is -0.000000490. The van der Waals surface area contributed by atoms with E-state index in [4.69, 9.17) is 0 Å². The molecule has 0 aromatic carbocycles. The van der Waals surface area contributed by atoms with Gasteiger partial charge in [-0.2, -0.15) is 0 Å². The molecule has 6 nitrogen and oxygen atoms in total. The molecule has 0 aliphatic heterocycles. The van der Waals surface area contributed by atoms with Gasteiger partial charge in [-0.05, 0) is 12.8 Å². The van der Waals surface area contributed by atoms with Crippen LogP contribution < -0.4 is 0 Å². The smallest absolute Gasteiger partial charge is 0.748 e. The van der Waals surface area contributed by atoms with E-state index in [1.54, 1.807) is 0 Å². The fourth-order valence-electron chi connectivity index (χ4n) is 3.18. The number of hydrogen-bond donors (Lipinski definition) is 0. The topological polar surface area (TPSA) is 114 Å². The molecule has 0 saturated heterocycles. The molecule has 0 amide bonds. The van der Waals surface area contributed by atoms with Crippen LogP contribution in [0.3, 0.4) is 0 Å². The van der Waals surface area contributed by atoms with E-state index in [1.165, 1.54) is 77.0 Å². The van der Waals surface area contributed by atoms with Crippen LogP contribution in [-0.4, -0.2) is 75.2 Å². The van der Waals surface area contributed by atoms with Gasteiger partial charge >= 0.3 is 37.7 Å². The molecular weight excluding hydrogens is 464 g/mol. The standard InChI is InChI=1S/2C11H24O3S.Ca/c2*1-2-3-4-5-6-7-8-9-10-11-15(12,13)14;/h2*2-11H2,1H3,(H,12,13,14);/q;;+2/p-2. The Morgan fingerprint density at radius 1 is 0.419 bits per heavy atom. The van der Waals surface area contributed by atoms with Crippen molar-refractivity contribution in [2.45, 2.75) is 129 Å². The second kappa shape index (κ2) is 25.7. The molecule has 184 valence electrons. The quantitative estimate of drug-likeness (QED) is 0.117. The van der Waals surface area contributed by atoms with E-state index in [0.29, 0.717) is 12.8 Å². The zero-order chi connectivity index (χ0) is 23.1. The van der Waals surface area contributed by atoms with Crippen molar-refractivity contribution >= 4 is 58.0 Å². The van der Waals surface area contributed by atoms with Crippen LogP contribution in [0.5, 0.6) is 0 Å². The van der Waals surface area contributed by atoms with E-state index in [1.807, 2.05) is 0 Å². The van der Waals surface area contributed by atoms with E-state index in [9.17, 15) is 25.9 Å². The fraction of sp³-hybridized carbons (Fsp3) is 1.00. The molecule has 0 spiro atoms. The van der Waals surface area contributed by atoms with Crippen molar-refractivity contribution in [2.75, 3.05) is 11.5 Å². The van der Waals surface area contributed by atoms with Crippen molar-refractivity contribution < 1.29 is 25.9 Å². The molecule has 0 aromatic rings. The molecule has 0 bridgehead atoms. The van der Waals surface area contributed by atoms with E-state index in [-0.39, 0.29) is 49.2 Å². The van der Waals surface area contributed by atoms with E-state index < -0.39 is 20.2 Å². The first-order chi connectivity index (χ1) is 14.1. The maximum absolute atomic E-state index is 10.3. The molecule has 0 atom stereocenters. The van der Waals surface area contributed by atoms with Crippen LogP contribution in [0.15, 0.2) is 0 Å². The van der Waals surface area contributed by atoms with Crippen molar-refractivity contribution in [3.8, 4) is 0 Å². The summed E-state index contributed by atoms with van der Waals surface area (Å²) in [6, 6.07) is 0. The van der Waals surface area contributed by atoms with Gasteiger partial charge in [0.15, 0.2) is 0 Å². The SMILES string of the molecule is CCCCCCCCCCCS(=O)(=O)[O-].CCCCCCCCCCCS(=O)(=O)[O-].[Ca+2]. The van der Waals surface area contributed by atoms with Gasteiger partial charge in [-0.15, -0.1) is 0 Å². The van der Waals surface area contributed by atoms with Gasteiger partial charge in [0, 0.05) is 11.5 Å². The van der Waals surface area contributed by atoms with Crippen LogP contribution >= 0.6 is 0 Å². The van der Waals surface area contributed by atoms with Gasteiger partial charge in [-0.3, -0.25) is 0 Å². The molecule has 0 aromatic heterocycles. The first-order valence-electron chi connectivity index (χ1n) is 12.0. The number of hydrogen-bond acceptors (Lipinski definition) is 6. The third-order valence-electron chi connectivity index (χ3n) is 5.00. The van der Waals surface area contributed by atoms with Crippen LogP contribution in [0.4, 0.5) is 0 Å². The number of rotatable bonds is 20. The number of unbranched alkanes of at least 4 members (excludes halogenated alkanes) is 16. The maximum atomic E-state index is 10.3. The van der Waals surface area contributed by atoms with Gasteiger partial charge in [0.05, 0.1) is 20.2 Å². The average Bonchev–Trinajstić information content (AvgIpc) is 2.64. The predicted octanol–water partition coefficient (Wildman–Crippen LogP) is 5.74. The Labute approximate surface area is 223 Å². The van der Waals surface area contributed by atoms with Crippen molar-refractivity contribution in [3.63, 3.8) is 0 Å². The summed E-state index contributed by atoms with van der Waals surface area (Å²) in [5.41, 5.74) is 0. The summed E-state index contributed by atoms with van der Waals surface area (Å²) < 4.78 is 61.7. The van der Waals surface area contributed by atoms with Gasteiger partial charge < -0.3 is 9.11 Å². The Kier molecular flexibility index (Phi) is 30.4. The Hall–Kier alpha value is 1.08. The minimum atomic E-state index is -3.98. The zero-order valence-electron chi connectivity index (χ0n) is 20.1. The molecule has 0 radical (unpaired) electrons. The fourth-order valence-corrected chi connectivity index (χ4v) is 4.29. The van der Waals surface area contributed by atoms with E-state index in [0.717, 1.165) is 25.7 Å². The zero-order valence-corrected chi connectivity index (χ0v) is 24.0. The van der Waals surface area contributed by atoms with Crippen LogP contribution in [0, 0.1) is 0 Å². The van der Waals surface area contributed by atoms with Crippen molar-refractivity contribution in [1.29, 1.82) is 0 Å². The third kappa shape index (κ3) is 41.8. The summed E-state index contributed by atoms with van der Waals surface area (Å²) in [5.74, 6) is -0.383. The molecule has 0 aliphatic rings. The predicted molar refractivity (Wildman–Crippen MR) is 129 cm³/mol. The maximum Gasteiger partial charge on any atom is 2.00 e. The monoisotopic (exact) mass is 510 g/mol. The molecule has 9 heteroatoms. The van der Waals surface area contributed by atoms with Gasteiger partial charge in [0.1, 0.15) is 0 Å². The normalized spacial score (nSPS) is 11.5.